The summed E-state index contributed by atoms with van der Waals surface area (Å²) in [5.74, 6) is 0.864. The molecule has 28 heavy (non-hydrogen) atoms. The van der Waals surface area contributed by atoms with Crippen LogP contribution in [-0.2, 0) is 6.54 Å². The molecule has 1 amide bonds. The molecule has 0 saturated heterocycles. The molecule has 0 bridgehead atoms. The fourth-order valence-corrected chi connectivity index (χ4v) is 4.95. The van der Waals surface area contributed by atoms with E-state index >= 15 is 0 Å². The summed E-state index contributed by atoms with van der Waals surface area (Å²) in [6.07, 6.45) is 1.40. The van der Waals surface area contributed by atoms with Crippen LogP contribution < -0.4 is 10.9 Å². The zero-order chi connectivity index (χ0) is 19.7. The number of thiophene rings is 1. The van der Waals surface area contributed by atoms with Gasteiger partial charge in [-0.15, -0.1) is 11.3 Å². The third kappa shape index (κ3) is 3.64. The van der Waals surface area contributed by atoms with Gasteiger partial charge in [0.1, 0.15) is 5.56 Å². The van der Waals surface area contributed by atoms with E-state index in [0.29, 0.717) is 17.6 Å². The number of carbonyl (C=O) groups is 1. The summed E-state index contributed by atoms with van der Waals surface area (Å²) in [5, 5.41) is 5.71. The number of nitrogens with one attached hydrogen (secondary N) is 1. The Hall–Kier alpha value is -2.38. The molecule has 3 heterocycles. The summed E-state index contributed by atoms with van der Waals surface area (Å²) in [7, 11) is 0. The zero-order valence-electron chi connectivity index (χ0n) is 15.7. The topological polar surface area (TPSA) is 64.0 Å². The molecule has 1 unspecified atom stereocenters. The molecule has 3 aromatic rings. The van der Waals surface area contributed by atoms with Gasteiger partial charge in [-0.25, -0.2) is 4.98 Å². The number of benzene rings is 1. The minimum Gasteiger partial charge on any atom is -0.340 e. The standard InChI is InChI=1S/C21H21N3O2S2/c1-13(2)14-5-7-15(8-6-14)18(17-4-3-10-27-17)23-19(25)16-12-22-21-24(20(16)26)9-11-28-21/h3-8,10,12-13,18H,9,11H2,1-2H3,(H,23,25). The van der Waals surface area contributed by atoms with Crippen molar-refractivity contribution in [1.82, 2.24) is 14.9 Å². The second-order valence-electron chi connectivity index (χ2n) is 7.00. The summed E-state index contributed by atoms with van der Waals surface area (Å²) in [4.78, 5) is 30.9. The third-order valence-corrected chi connectivity index (χ3v) is 6.75. The number of aromatic nitrogens is 2. The Morgan fingerprint density at radius 3 is 2.61 bits per heavy atom. The molecule has 0 radical (unpaired) electrons. The highest BCUT2D eigenvalue weighted by Crippen LogP contribution is 2.28. The van der Waals surface area contributed by atoms with Crippen molar-refractivity contribution in [2.75, 3.05) is 5.75 Å². The minimum atomic E-state index is -0.393. The van der Waals surface area contributed by atoms with Crippen LogP contribution in [0.5, 0.6) is 0 Å². The number of nitrogens with zero attached hydrogens (tertiary/aromatic N) is 2. The van der Waals surface area contributed by atoms with Gasteiger partial charge < -0.3 is 5.32 Å². The summed E-state index contributed by atoms with van der Waals surface area (Å²) in [6.45, 7) is 4.90. The highest BCUT2D eigenvalue weighted by atomic mass is 32.2. The van der Waals surface area contributed by atoms with E-state index in [-0.39, 0.29) is 17.2 Å². The summed E-state index contributed by atoms with van der Waals surface area (Å²) < 4.78 is 1.58. The first kappa shape index (κ1) is 19.0. The lowest BCUT2D eigenvalue weighted by atomic mass is 9.98. The molecule has 1 aromatic carbocycles. The lowest BCUT2D eigenvalue weighted by molar-refractivity contribution is 0.0940. The molecule has 2 aromatic heterocycles. The van der Waals surface area contributed by atoms with Gasteiger partial charge in [0, 0.05) is 23.4 Å². The van der Waals surface area contributed by atoms with E-state index in [1.807, 2.05) is 29.6 Å². The fraction of sp³-hybridized carbons (Fsp3) is 0.286. The Morgan fingerprint density at radius 2 is 1.93 bits per heavy atom. The smallest absolute Gasteiger partial charge is 0.267 e. The van der Waals surface area contributed by atoms with Crippen LogP contribution >= 0.6 is 23.1 Å². The first-order valence-corrected chi connectivity index (χ1v) is 11.1. The van der Waals surface area contributed by atoms with E-state index in [1.54, 1.807) is 15.9 Å². The molecule has 0 spiro atoms. The van der Waals surface area contributed by atoms with Crippen molar-refractivity contribution < 1.29 is 4.79 Å². The van der Waals surface area contributed by atoms with E-state index in [4.69, 9.17) is 0 Å². The first-order valence-electron chi connectivity index (χ1n) is 9.21. The number of rotatable bonds is 5. The number of thioether (sulfide) groups is 1. The number of fused-ring (bicyclic) bond motifs is 1. The van der Waals surface area contributed by atoms with Crippen molar-refractivity contribution in [3.05, 3.63) is 79.9 Å². The number of hydrogen-bond acceptors (Lipinski definition) is 5. The maximum Gasteiger partial charge on any atom is 0.267 e. The molecule has 4 rings (SSSR count). The molecule has 1 aliphatic rings. The van der Waals surface area contributed by atoms with Gasteiger partial charge in [0.25, 0.3) is 11.5 Å². The van der Waals surface area contributed by atoms with E-state index < -0.39 is 5.91 Å². The zero-order valence-corrected chi connectivity index (χ0v) is 17.3. The second-order valence-corrected chi connectivity index (χ2v) is 9.04. The maximum absolute atomic E-state index is 13.0. The van der Waals surface area contributed by atoms with E-state index in [1.165, 1.54) is 23.5 Å². The molecular weight excluding hydrogens is 390 g/mol. The molecule has 5 nitrogen and oxygen atoms in total. The number of hydrogen-bond donors (Lipinski definition) is 1. The Bertz CT molecular complexity index is 1040. The Labute approximate surface area is 171 Å². The average molecular weight is 412 g/mol. The molecule has 1 N–H and O–H groups in total. The van der Waals surface area contributed by atoms with Crippen molar-refractivity contribution in [3.8, 4) is 0 Å². The minimum absolute atomic E-state index is 0.0895. The van der Waals surface area contributed by atoms with Gasteiger partial charge in [-0.05, 0) is 28.5 Å². The van der Waals surface area contributed by atoms with Crippen LogP contribution in [0, 0.1) is 0 Å². The number of carbonyl (C=O) groups excluding carboxylic acids is 1. The molecule has 7 heteroatoms. The van der Waals surface area contributed by atoms with Gasteiger partial charge in [-0.2, -0.15) is 0 Å². The fourth-order valence-electron chi connectivity index (χ4n) is 3.23. The van der Waals surface area contributed by atoms with Crippen LogP contribution in [0.4, 0.5) is 0 Å². The van der Waals surface area contributed by atoms with Gasteiger partial charge in [0.2, 0.25) is 0 Å². The quantitative estimate of drug-likeness (QED) is 0.643. The highest BCUT2D eigenvalue weighted by molar-refractivity contribution is 7.99. The van der Waals surface area contributed by atoms with Crippen LogP contribution in [0.2, 0.25) is 0 Å². The second kappa shape index (κ2) is 7.93. The molecule has 1 aliphatic heterocycles. The lowest BCUT2D eigenvalue weighted by Crippen LogP contribution is -2.35. The molecule has 0 aliphatic carbocycles. The molecular formula is C21H21N3O2S2. The average Bonchev–Trinajstić information content (AvgIpc) is 3.38. The Kier molecular flexibility index (Phi) is 5.37. The van der Waals surface area contributed by atoms with Gasteiger partial charge in [-0.1, -0.05) is 55.9 Å². The molecule has 0 fully saturated rings. The maximum atomic E-state index is 13.0. The molecule has 144 valence electrons. The van der Waals surface area contributed by atoms with Crippen LogP contribution in [0.3, 0.4) is 0 Å². The van der Waals surface area contributed by atoms with E-state index in [2.05, 4.69) is 36.3 Å². The van der Waals surface area contributed by atoms with Crippen molar-refractivity contribution >= 4 is 29.0 Å². The van der Waals surface area contributed by atoms with Gasteiger partial charge in [0.15, 0.2) is 5.16 Å². The van der Waals surface area contributed by atoms with Gasteiger partial charge in [-0.3, -0.25) is 14.2 Å². The molecule has 0 saturated carbocycles. The lowest BCUT2D eigenvalue weighted by Gasteiger charge is -2.19. The highest BCUT2D eigenvalue weighted by Gasteiger charge is 2.24. The van der Waals surface area contributed by atoms with Gasteiger partial charge in [0.05, 0.1) is 6.04 Å². The Morgan fingerprint density at radius 1 is 1.18 bits per heavy atom. The number of amides is 1. The normalized spacial score (nSPS) is 14.1. The van der Waals surface area contributed by atoms with Crippen molar-refractivity contribution in [2.24, 2.45) is 0 Å². The van der Waals surface area contributed by atoms with Crippen LogP contribution in [0.25, 0.3) is 0 Å². The van der Waals surface area contributed by atoms with Crippen molar-refractivity contribution in [2.45, 2.75) is 37.5 Å². The SMILES string of the molecule is CC(C)c1ccc(C(NC(=O)c2cnc3n(c2=O)CCS3)c2cccs2)cc1. The van der Waals surface area contributed by atoms with Crippen LogP contribution in [-0.4, -0.2) is 21.2 Å². The van der Waals surface area contributed by atoms with Gasteiger partial charge >= 0.3 is 0 Å². The summed E-state index contributed by atoms with van der Waals surface area (Å²) in [5.41, 5.74) is 2.06. The van der Waals surface area contributed by atoms with Crippen LogP contribution in [0.15, 0.2) is 57.9 Å². The first-order chi connectivity index (χ1) is 13.5. The van der Waals surface area contributed by atoms with E-state index in [0.717, 1.165) is 16.2 Å². The predicted molar refractivity (Wildman–Crippen MR) is 113 cm³/mol. The van der Waals surface area contributed by atoms with E-state index in [9.17, 15) is 9.59 Å². The molecule has 1 atom stereocenters. The summed E-state index contributed by atoms with van der Waals surface area (Å²) >= 11 is 3.12. The van der Waals surface area contributed by atoms with Crippen molar-refractivity contribution in [3.63, 3.8) is 0 Å². The summed E-state index contributed by atoms with van der Waals surface area (Å²) in [6, 6.07) is 11.9. The third-order valence-electron chi connectivity index (χ3n) is 4.84. The van der Waals surface area contributed by atoms with Crippen LogP contribution in [0.1, 0.15) is 52.2 Å². The monoisotopic (exact) mass is 411 g/mol. The Balaban J connectivity index is 1.65. The largest absolute Gasteiger partial charge is 0.340 e. The van der Waals surface area contributed by atoms with Crippen molar-refractivity contribution in [1.29, 1.82) is 0 Å². The predicted octanol–water partition coefficient (Wildman–Crippen LogP) is 4.05.